The maximum absolute atomic E-state index is 13.8. The summed E-state index contributed by atoms with van der Waals surface area (Å²) in [6.07, 6.45) is 8.70. The van der Waals surface area contributed by atoms with E-state index in [2.05, 4.69) is 33.2 Å². The summed E-state index contributed by atoms with van der Waals surface area (Å²) in [5.41, 5.74) is 2.67. The molecule has 0 spiro atoms. The summed E-state index contributed by atoms with van der Waals surface area (Å²) in [5, 5.41) is 13.7. The zero-order valence-corrected chi connectivity index (χ0v) is 28.7. The molecule has 0 unspecified atom stereocenters. The molecular weight excluding hydrogens is 630 g/mol. The van der Waals surface area contributed by atoms with Gasteiger partial charge in [0.15, 0.2) is 0 Å². The number of carbonyl (C=O) groups excluding carboxylic acids is 4. The maximum Gasteiger partial charge on any atom is 0.247 e. The highest BCUT2D eigenvalue weighted by Gasteiger charge is 2.36. The fourth-order valence-electron chi connectivity index (χ4n) is 6.85. The lowest BCUT2D eigenvalue weighted by molar-refractivity contribution is -0.137. The van der Waals surface area contributed by atoms with E-state index in [1.54, 1.807) is 30.9 Å². The number of hydrogen-bond donors (Lipinski definition) is 3. The average molecular weight is 678 g/mol. The summed E-state index contributed by atoms with van der Waals surface area (Å²) >= 11 is 0. The summed E-state index contributed by atoms with van der Waals surface area (Å²) in [4.78, 5) is 55.8. The molecule has 0 radical (unpaired) electrons. The van der Waals surface area contributed by atoms with Gasteiger partial charge >= 0.3 is 0 Å². The van der Waals surface area contributed by atoms with Crippen LogP contribution in [0.3, 0.4) is 0 Å². The van der Waals surface area contributed by atoms with Gasteiger partial charge in [-0.1, -0.05) is 68.7 Å². The van der Waals surface area contributed by atoms with Crippen molar-refractivity contribution in [2.75, 3.05) is 29.9 Å². The van der Waals surface area contributed by atoms with Crippen molar-refractivity contribution in [2.45, 2.75) is 76.4 Å². The molecule has 0 bridgehead atoms. The Morgan fingerprint density at radius 2 is 1.75 bits per heavy atom. The van der Waals surface area contributed by atoms with Gasteiger partial charge in [0.1, 0.15) is 17.9 Å². The molecule has 1 saturated heterocycles. The van der Waals surface area contributed by atoms with Gasteiger partial charge in [0.2, 0.25) is 24.1 Å². The quantitative estimate of drug-likeness (QED) is 0.236. The Morgan fingerprint density at radius 1 is 1.02 bits per heavy atom. The first-order chi connectivity index (χ1) is 22.9. The number of hydrogen-bond acceptors (Lipinski definition) is 6. The number of amides is 4. The number of aromatic nitrogens is 2. The van der Waals surface area contributed by atoms with Gasteiger partial charge < -0.3 is 20.9 Å². The summed E-state index contributed by atoms with van der Waals surface area (Å²) in [6, 6.07) is 18.1. The van der Waals surface area contributed by atoms with Gasteiger partial charge in [-0.25, -0.2) is 0 Å². The number of nitrogens with zero attached hydrogens (tertiary/aromatic N) is 4. The first-order valence-electron chi connectivity index (χ1n) is 16.8. The van der Waals surface area contributed by atoms with Crippen LogP contribution in [0.25, 0.3) is 0 Å². The zero-order valence-electron chi connectivity index (χ0n) is 27.8. The molecular formula is C36H48ClN7O4. The summed E-state index contributed by atoms with van der Waals surface area (Å²) < 4.78 is 1.60. The summed E-state index contributed by atoms with van der Waals surface area (Å²) in [7, 11) is 1.76. The zero-order chi connectivity index (χ0) is 33.2. The third kappa shape index (κ3) is 9.44. The second-order valence-electron chi connectivity index (χ2n) is 12.7. The Morgan fingerprint density at radius 3 is 2.40 bits per heavy atom. The predicted octanol–water partition coefficient (Wildman–Crippen LogP) is 3.87. The smallest absolute Gasteiger partial charge is 0.247 e. The van der Waals surface area contributed by atoms with Crippen LogP contribution in [0.2, 0.25) is 0 Å². The van der Waals surface area contributed by atoms with Crippen LogP contribution in [0, 0.1) is 5.92 Å². The fraction of sp³-hybridized carbons (Fsp3) is 0.472. The molecule has 5 rings (SSSR count). The van der Waals surface area contributed by atoms with Crippen molar-refractivity contribution in [2.24, 2.45) is 13.0 Å². The molecule has 3 aromatic rings. The van der Waals surface area contributed by atoms with Gasteiger partial charge in [0.05, 0.1) is 6.20 Å². The number of nitrogens with one attached hydrogen (secondary N) is 3. The molecule has 12 heteroatoms. The first kappa shape index (κ1) is 36.6. The van der Waals surface area contributed by atoms with E-state index in [1.165, 1.54) is 10.5 Å². The van der Waals surface area contributed by atoms with Crippen molar-refractivity contribution >= 4 is 48.0 Å². The van der Waals surface area contributed by atoms with Crippen LogP contribution in [0.4, 0.5) is 11.5 Å². The third-order valence-corrected chi connectivity index (χ3v) is 9.35. The van der Waals surface area contributed by atoms with Crippen molar-refractivity contribution in [1.82, 2.24) is 25.3 Å². The number of aryl methyl sites for hydroxylation is 1. The molecule has 48 heavy (non-hydrogen) atoms. The Kier molecular flexibility index (Phi) is 13.6. The monoisotopic (exact) mass is 677 g/mol. The lowest BCUT2D eigenvalue weighted by Gasteiger charge is -2.36. The van der Waals surface area contributed by atoms with Gasteiger partial charge in [-0.2, -0.15) is 5.10 Å². The van der Waals surface area contributed by atoms with E-state index in [4.69, 9.17) is 0 Å². The first-order valence-corrected chi connectivity index (χ1v) is 16.8. The van der Waals surface area contributed by atoms with Crippen molar-refractivity contribution in [3.63, 3.8) is 0 Å². The molecule has 258 valence electrons. The van der Waals surface area contributed by atoms with Gasteiger partial charge in [0.25, 0.3) is 0 Å². The normalized spacial score (nSPS) is 17.8. The molecule has 1 aliphatic carbocycles. The van der Waals surface area contributed by atoms with Crippen molar-refractivity contribution in [3.8, 4) is 0 Å². The summed E-state index contributed by atoms with van der Waals surface area (Å²) in [6.45, 7) is 3.61. The lowest BCUT2D eigenvalue weighted by atomic mass is 9.82. The van der Waals surface area contributed by atoms with Crippen LogP contribution in [-0.2, 0) is 39.1 Å². The largest absolute Gasteiger partial charge is 0.344 e. The average Bonchev–Trinajstić information content (AvgIpc) is 3.53. The molecule has 3 N–H and O–H groups in total. The highest BCUT2D eigenvalue weighted by atomic mass is 35.5. The van der Waals surface area contributed by atoms with E-state index in [9.17, 15) is 19.2 Å². The Balaban J connectivity index is 0.00000520. The molecule has 4 amide bonds. The van der Waals surface area contributed by atoms with Crippen LogP contribution in [0.1, 0.15) is 56.6 Å². The lowest BCUT2D eigenvalue weighted by Crippen LogP contribution is -2.58. The predicted molar refractivity (Wildman–Crippen MR) is 189 cm³/mol. The molecule has 11 nitrogen and oxygen atoms in total. The van der Waals surface area contributed by atoms with Crippen molar-refractivity contribution in [1.29, 1.82) is 0 Å². The molecule has 2 fully saturated rings. The van der Waals surface area contributed by atoms with E-state index in [0.717, 1.165) is 50.5 Å². The van der Waals surface area contributed by atoms with Crippen LogP contribution in [0.5, 0.6) is 0 Å². The second-order valence-corrected chi connectivity index (χ2v) is 12.7. The standard InChI is InChI=1S/C36H47N7O4.ClH/c1-3-32(45)40-31(36(47)42-21-20-37-30(24-42)22-26-10-6-4-7-11-26)23-27-14-16-29(17-15-27)39-35(46)34(28-12-8-5-9-13-28)43(25-44)33-18-19-38-41(33)2;/h4,6-7,10-11,14-19,25,28,30-31,34,37H,3,5,8-9,12-13,20-24H2,1-2H3,(H,39,46)(H,40,45);1H/t30-,31+,34-;/m0./s1. The highest BCUT2D eigenvalue weighted by Crippen LogP contribution is 2.31. The minimum Gasteiger partial charge on any atom is -0.344 e. The number of carbonyl (C=O) groups is 4. The minimum atomic E-state index is -0.700. The Labute approximate surface area is 289 Å². The minimum absolute atomic E-state index is 0. The second kappa shape index (κ2) is 17.8. The van der Waals surface area contributed by atoms with Crippen molar-refractivity contribution in [3.05, 3.63) is 78.0 Å². The summed E-state index contributed by atoms with van der Waals surface area (Å²) in [5.74, 6) is 0.0920. The van der Waals surface area contributed by atoms with Gasteiger partial charge in [0, 0.05) is 57.3 Å². The van der Waals surface area contributed by atoms with E-state index < -0.39 is 12.1 Å². The molecule has 1 aliphatic heterocycles. The van der Waals surface area contributed by atoms with Crippen LogP contribution in [-0.4, -0.2) is 76.6 Å². The molecule has 2 heterocycles. The van der Waals surface area contributed by atoms with E-state index in [0.29, 0.717) is 37.6 Å². The number of halogens is 1. The van der Waals surface area contributed by atoms with Crippen LogP contribution < -0.4 is 20.9 Å². The van der Waals surface area contributed by atoms with E-state index >= 15 is 0 Å². The van der Waals surface area contributed by atoms with Gasteiger partial charge in [-0.15, -0.1) is 12.4 Å². The molecule has 2 aromatic carbocycles. The van der Waals surface area contributed by atoms with Gasteiger partial charge in [-0.05, 0) is 48.4 Å². The molecule has 1 saturated carbocycles. The number of rotatable bonds is 13. The Bertz CT molecular complexity index is 1490. The number of benzene rings is 2. The maximum atomic E-state index is 13.8. The molecule has 2 aliphatic rings. The third-order valence-electron chi connectivity index (χ3n) is 9.35. The number of anilines is 2. The highest BCUT2D eigenvalue weighted by molar-refractivity contribution is 6.00. The SMILES string of the molecule is CCC(=O)N[C@H](Cc1ccc(NC(=O)[C@H](C2CCCCC2)N(C=O)c2ccnn2C)cc1)C(=O)N1CCN[C@@H](Cc2ccccc2)C1.Cl. The number of piperazine rings is 1. The van der Waals surface area contributed by atoms with E-state index in [-0.39, 0.29) is 48.5 Å². The molecule has 1 aromatic heterocycles. The van der Waals surface area contributed by atoms with Crippen LogP contribution in [0.15, 0.2) is 66.9 Å². The topological polar surface area (TPSA) is 129 Å². The van der Waals surface area contributed by atoms with Crippen LogP contribution >= 0.6 is 12.4 Å². The van der Waals surface area contributed by atoms with Gasteiger partial charge in [-0.3, -0.25) is 28.8 Å². The molecule has 3 atom stereocenters. The van der Waals surface area contributed by atoms with Crippen molar-refractivity contribution < 1.29 is 19.2 Å². The Hall–Kier alpha value is -4.22. The fourth-order valence-corrected chi connectivity index (χ4v) is 6.85. The van der Waals surface area contributed by atoms with E-state index in [1.807, 2.05) is 47.4 Å².